The van der Waals surface area contributed by atoms with Crippen molar-refractivity contribution in [3.8, 4) is 21.8 Å². The summed E-state index contributed by atoms with van der Waals surface area (Å²) in [7, 11) is 0. The van der Waals surface area contributed by atoms with Crippen LogP contribution in [-0.4, -0.2) is 29.9 Å². The van der Waals surface area contributed by atoms with E-state index in [2.05, 4.69) is 41.7 Å². The first-order valence-corrected chi connectivity index (χ1v) is 9.12. The number of anilines is 2. The maximum atomic E-state index is 4.76. The van der Waals surface area contributed by atoms with Crippen molar-refractivity contribution in [2.24, 2.45) is 0 Å². The van der Waals surface area contributed by atoms with Gasteiger partial charge in [0.1, 0.15) is 16.9 Å². The normalized spacial score (nSPS) is 11.0. The van der Waals surface area contributed by atoms with Gasteiger partial charge in [-0.25, -0.2) is 19.9 Å². The molecule has 7 nitrogen and oxygen atoms in total. The third kappa shape index (κ3) is 3.02. The fraction of sp³-hybridized carbons (Fsp3) is 0. The number of pyridine rings is 1. The van der Waals surface area contributed by atoms with Crippen molar-refractivity contribution in [3.63, 3.8) is 0 Å². The van der Waals surface area contributed by atoms with Crippen LogP contribution >= 0.6 is 11.3 Å². The predicted molar refractivity (Wildman–Crippen MR) is 106 cm³/mol. The standard InChI is InChI=1S/C19H13N7S/c1-2-13(15-9-27-19(26-15)12-4-6-20-7-5-12)8-14(3-1)25-18-16-17(22-10-21-16)23-11-24-18/h1-11H,(H2,21,22,23,24,25). The minimum atomic E-state index is 0.630. The van der Waals surface area contributed by atoms with Gasteiger partial charge in [0.15, 0.2) is 11.5 Å². The Labute approximate surface area is 158 Å². The summed E-state index contributed by atoms with van der Waals surface area (Å²) >= 11 is 1.62. The molecule has 2 N–H and O–H groups in total. The molecule has 130 valence electrons. The largest absolute Gasteiger partial charge is 0.340 e. The molecule has 0 spiro atoms. The summed E-state index contributed by atoms with van der Waals surface area (Å²) < 4.78 is 0. The van der Waals surface area contributed by atoms with Crippen molar-refractivity contribution < 1.29 is 0 Å². The molecule has 0 aliphatic heterocycles. The Kier molecular flexibility index (Phi) is 3.80. The highest BCUT2D eigenvalue weighted by Crippen LogP contribution is 2.30. The van der Waals surface area contributed by atoms with E-state index < -0.39 is 0 Å². The highest BCUT2D eigenvalue weighted by molar-refractivity contribution is 7.13. The van der Waals surface area contributed by atoms with Crippen LogP contribution in [-0.2, 0) is 0 Å². The van der Waals surface area contributed by atoms with E-state index in [-0.39, 0.29) is 0 Å². The lowest BCUT2D eigenvalue weighted by Gasteiger charge is -2.07. The second kappa shape index (κ2) is 6.58. The average Bonchev–Trinajstić information content (AvgIpc) is 3.39. The van der Waals surface area contributed by atoms with E-state index >= 15 is 0 Å². The number of rotatable bonds is 4. The van der Waals surface area contributed by atoms with E-state index in [1.807, 2.05) is 30.3 Å². The molecule has 0 aliphatic carbocycles. The molecule has 5 aromatic rings. The molecule has 1 aromatic carbocycles. The van der Waals surface area contributed by atoms with E-state index in [9.17, 15) is 0 Å². The second-order valence-corrected chi connectivity index (χ2v) is 6.66. The van der Waals surface area contributed by atoms with E-state index in [0.29, 0.717) is 11.5 Å². The summed E-state index contributed by atoms with van der Waals surface area (Å²) in [6, 6.07) is 12.0. The molecule has 0 unspecified atom stereocenters. The van der Waals surface area contributed by atoms with Gasteiger partial charge >= 0.3 is 0 Å². The lowest BCUT2D eigenvalue weighted by Crippen LogP contribution is -1.96. The molecule has 0 aliphatic rings. The van der Waals surface area contributed by atoms with Gasteiger partial charge < -0.3 is 10.3 Å². The van der Waals surface area contributed by atoms with Crippen LogP contribution in [0.25, 0.3) is 33.0 Å². The van der Waals surface area contributed by atoms with Crippen LogP contribution in [0.2, 0.25) is 0 Å². The molecule has 0 bridgehead atoms. The summed E-state index contributed by atoms with van der Waals surface area (Å²) in [6.07, 6.45) is 6.66. The summed E-state index contributed by atoms with van der Waals surface area (Å²) in [5.74, 6) is 0.686. The highest BCUT2D eigenvalue weighted by Gasteiger charge is 2.09. The number of aromatic nitrogens is 6. The summed E-state index contributed by atoms with van der Waals surface area (Å²) in [5.41, 5.74) is 5.36. The smallest absolute Gasteiger partial charge is 0.182 e. The number of aromatic amines is 1. The number of nitrogens with zero attached hydrogens (tertiary/aromatic N) is 5. The lowest BCUT2D eigenvalue weighted by atomic mass is 10.1. The molecule has 8 heteroatoms. The van der Waals surface area contributed by atoms with E-state index in [4.69, 9.17) is 4.98 Å². The lowest BCUT2D eigenvalue weighted by molar-refractivity contribution is 1.20. The third-order valence-electron chi connectivity index (χ3n) is 4.08. The van der Waals surface area contributed by atoms with Gasteiger partial charge in [0.25, 0.3) is 0 Å². The maximum absolute atomic E-state index is 4.76. The fourth-order valence-electron chi connectivity index (χ4n) is 2.79. The average molecular weight is 371 g/mol. The molecule has 0 atom stereocenters. The zero-order valence-corrected chi connectivity index (χ0v) is 14.8. The van der Waals surface area contributed by atoms with Gasteiger partial charge in [-0.1, -0.05) is 12.1 Å². The number of imidazole rings is 1. The first kappa shape index (κ1) is 15.6. The van der Waals surface area contributed by atoms with Crippen molar-refractivity contribution >= 4 is 34.0 Å². The number of hydrogen-bond donors (Lipinski definition) is 2. The Morgan fingerprint density at radius 3 is 2.81 bits per heavy atom. The first-order chi connectivity index (χ1) is 13.4. The Hall–Kier alpha value is -3.65. The van der Waals surface area contributed by atoms with Crippen LogP contribution in [0.4, 0.5) is 11.5 Å². The van der Waals surface area contributed by atoms with Gasteiger partial charge in [-0.05, 0) is 24.3 Å². The molecule has 4 heterocycles. The van der Waals surface area contributed by atoms with E-state index in [1.54, 1.807) is 30.1 Å². The Morgan fingerprint density at radius 2 is 1.89 bits per heavy atom. The van der Waals surface area contributed by atoms with E-state index in [0.717, 1.165) is 33.0 Å². The van der Waals surface area contributed by atoms with Gasteiger partial charge in [-0.3, -0.25) is 4.98 Å². The van der Waals surface area contributed by atoms with Crippen molar-refractivity contribution in [2.75, 3.05) is 5.32 Å². The topological polar surface area (TPSA) is 92.3 Å². The molecular weight excluding hydrogens is 358 g/mol. The van der Waals surface area contributed by atoms with Crippen LogP contribution in [0.15, 0.2) is 66.8 Å². The first-order valence-electron chi connectivity index (χ1n) is 8.24. The zero-order valence-electron chi connectivity index (χ0n) is 14.0. The number of H-pyrrole nitrogens is 1. The quantitative estimate of drug-likeness (QED) is 0.490. The summed E-state index contributed by atoms with van der Waals surface area (Å²) in [5, 5.41) is 6.36. The summed E-state index contributed by atoms with van der Waals surface area (Å²) in [4.78, 5) is 24.5. The Balaban J connectivity index is 1.46. The zero-order chi connectivity index (χ0) is 18.1. The van der Waals surface area contributed by atoms with Gasteiger partial charge in [0.2, 0.25) is 0 Å². The summed E-state index contributed by atoms with van der Waals surface area (Å²) in [6.45, 7) is 0. The van der Waals surface area contributed by atoms with Crippen molar-refractivity contribution in [3.05, 3.63) is 66.8 Å². The molecular formula is C19H13N7S. The number of hydrogen-bond acceptors (Lipinski definition) is 7. The minimum Gasteiger partial charge on any atom is -0.340 e. The molecule has 4 aromatic heterocycles. The van der Waals surface area contributed by atoms with Crippen LogP contribution in [0.3, 0.4) is 0 Å². The number of nitrogens with one attached hydrogen (secondary N) is 2. The minimum absolute atomic E-state index is 0.630. The molecule has 0 saturated carbocycles. The van der Waals surface area contributed by atoms with Crippen molar-refractivity contribution in [1.82, 2.24) is 29.9 Å². The molecule has 0 amide bonds. The predicted octanol–water partition coefficient (Wildman–Crippen LogP) is 4.28. The maximum Gasteiger partial charge on any atom is 0.182 e. The van der Waals surface area contributed by atoms with E-state index in [1.165, 1.54) is 6.33 Å². The monoisotopic (exact) mass is 371 g/mol. The third-order valence-corrected chi connectivity index (χ3v) is 4.97. The van der Waals surface area contributed by atoms with Crippen LogP contribution < -0.4 is 5.32 Å². The van der Waals surface area contributed by atoms with Crippen molar-refractivity contribution in [1.29, 1.82) is 0 Å². The molecule has 0 saturated heterocycles. The second-order valence-electron chi connectivity index (χ2n) is 5.80. The fourth-order valence-corrected chi connectivity index (χ4v) is 3.62. The SMILES string of the molecule is c1cc(Nc2ncnc3nc[nH]c23)cc(-c2csc(-c3ccncc3)n2)c1. The number of fused-ring (bicyclic) bond motifs is 1. The van der Waals surface area contributed by atoms with Crippen LogP contribution in [0.5, 0.6) is 0 Å². The Bertz CT molecular complexity index is 1210. The van der Waals surface area contributed by atoms with Gasteiger partial charge in [-0.2, -0.15) is 0 Å². The van der Waals surface area contributed by atoms with Gasteiger partial charge in [0.05, 0.1) is 12.0 Å². The van der Waals surface area contributed by atoms with Crippen molar-refractivity contribution in [2.45, 2.75) is 0 Å². The molecule has 27 heavy (non-hydrogen) atoms. The number of thiazole rings is 1. The van der Waals surface area contributed by atoms with Crippen LogP contribution in [0, 0.1) is 0 Å². The number of benzene rings is 1. The molecule has 0 fully saturated rings. The molecule has 5 rings (SSSR count). The Morgan fingerprint density at radius 1 is 0.963 bits per heavy atom. The highest BCUT2D eigenvalue weighted by atomic mass is 32.1. The molecule has 0 radical (unpaired) electrons. The van der Waals surface area contributed by atoms with Gasteiger partial charge in [-0.15, -0.1) is 11.3 Å². The van der Waals surface area contributed by atoms with Crippen LogP contribution in [0.1, 0.15) is 0 Å². The van der Waals surface area contributed by atoms with Gasteiger partial charge in [0, 0.05) is 34.6 Å².